The van der Waals surface area contributed by atoms with E-state index in [-0.39, 0.29) is 17.6 Å². The Morgan fingerprint density at radius 2 is 1.77 bits per heavy atom. The third kappa shape index (κ3) is 5.76. The number of ether oxygens (including phenoxy) is 1. The number of para-hydroxylation sites is 1. The normalized spacial score (nSPS) is 10.7. The molecule has 0 unspecified atom stereocenters. The van der Waals surface area contributed by atoms with Gasteiger partial charge < -0.3 is 19.4 Å². The van der Waals surface area contributed by atoms with Crippen molar-refractivity contribution in [2.24, 2.45) is 0 Å². The van der Waals surface area contributed by atoms with Crippen LogP contribution in [-0.4, -0.2) is 32.0 Å². The smallest absolute Gasteiger partial charge is 0.293 e. The Balaban J connectivity index is 1.58. The van der Waals surface area contributed by atoms with Crippen molar-refractivity contribution in [3.63, 3.8) is 0 Å². The van der Waals surface area contributed by atoms with E-state index in [1.165, 1.54) is 10.5 Å². The molecule has 162 valence electrons. The van der Waals surface area contributed by atoms with Gasteiger partial charge >= 0.3 is 0 Å². The summed E-state index contributed by atoms with van der Waals surface area (Å²) in [4.78, 5) is 26.8. The molecule has 0 bridgehead atoms. The van der Waals surface area contributed by atoms with Crippen LogP contribution in [0.4, 0.5) is 5.69 Å². The van der Waals surface area contributed by atoms with Crippen molar-refractivity contribution in [1.82, 2.24) is 5.32 Å². The van der Waals surface area contributed by atoms with Gasteiger partial charge in [-0.3, -0.25) is 9.59 Å². The lowest BCUT2D eigenvalue weighted by Crippen LogP contribution is -2.32. The highest BCUT2D eigenvalue weighted by atomic mass is 79.9. The molecular formula is C24H25BrN2O4. The summed E-state index contributed by atoms with van der Waals surface area (Å²) in [5.74, 6) is 0.775. The molecular weight excluding hydrogens is 460 g/mol. The van der Waals surface area contributed by atoms with Crippen molar-refractivity contribution in [3.8, 4) is 5.75 Å². The topological polar surface area (TPSA) is 71.8 Å². The van der Waals surface area contributed by atoms with Gasteiger partial charge in [-0.1, -0.05) is 38.1 Å². The van der Waals surface area contributed by atoms with Crippen LogP contribution in [0.3, 0.4) is 0 Å². The Hall–Kier alpha value is -3.06. The van der Waals surface area contributed by atoms with Crippen LogP contribution in [-0.2, 0) is 0 Å². The fraction of sp³-hybridized carbons (Fsp3) is 0.250. The monoisotopic (exact) mass is 484 g/mol. The number of halogens is 1. The molecule has 3 rings (SSSR count). The van der Waals surface area contributed by atoms with Crippen LogP contribution in [0.25, 0.3) is 0 Å². The van der Waals surface area contributed by atoms with Crippen LogP contribution < -0.4 is 15.0 Å². The molecule has 7 heteroatoms. The summed E-state index contributed by atoms with van der Waals surface area (Å²) in [7, 11) is 1.61. The van der Waals surface area contributed by atoms with Crippen molar-refractivity contribution in [2.45, 2.75) is 19.8 Å². The summed E-state index contributed by atoms with van der Waals surface area (Å²) in [6.45, 7) is 4.95. The van der Waals surface area contributed by atoms with E-state index in [0.717, 1.165) is 5.75 Å². The summed E-state index contributed by atoms with van der Waals surface area (Å²) in [5, 5.41) is 2.84. The number of benzene rings is 2. The highest BCUT2D eigenvalue weighted by Gasteiger charge is 2.21. The number of amides is 2. The number of carbonyl (C=O) groups is 2. The fourth-order valence-corrected chi connectivity index (χ4v) is 3.35. The molecule has 0 radical (unpaired) electrons. The number of rotatable bonds is 8. The molecule has 0 saturated carbocycles. The van der Waals surface area contributed by atoms with Crippen LogP contribution in [0.5, 0.6) is 5.75 Å². The minimum atomic E-state index is -0.348. The lowest BCUT2D eigenvalue weighted by Gasteiger charge is -2.19. The van der Waals surface area contributed by atoms with E-state index in [0.29, 0.717) is 35.0 Å². The molecule has 31 heavy (non-hydrogen) atoms. The Labute approximate surface area is 190 Å². The number of nitrogens with zero attached hydrogens (tertiary/aromatic N) is 1. The lowest BCUT2D eigenvalue weighted by atomic mass is 10.0. The predicted molar refractivity (Wildman–Crippen MR) is 124 cm³/mol. The highest BCUT2D eigenvalue weighted by molar-refractivity contribution is 9.10. The van der Waals surface area contributed by atoms with E-state index < -0.39 is 0 Å². The quantitative estimate of drug-likeness (QED) is 0.443. The molecule has 0 atom stereocenters. The number of nitrogens with one attached hydrogen (secondary N) is 1. The number of hydrogen-bond acceptors (Lipinski definition) is 4. The zero-order valence-corrected chi connectivity index (χ0v) is 19.3. The molecule has 1 N–H and O–H groups in total. The molecule has 1 heterocycles. The summed E-state index contributed by atoms with van der Waals surface area (Å²) < 4.78 is 11.5. The van der Waals surface area contributed by atoms with Gasteiger partial charge in [0.15, 0.2) is 10.4 Å². The van der Waals surface area contributed by atoms with E-state index in [1.54, 1.807) is 43.4 Å². The van der Waals surface area contributed by atoms with Crippen LogP contribution >= 0.6 is 15.9 Å². The van der Waals surface area contributed by atoms with E-state index in [2.05, 4.69) is 35.1 Å². The first-order valence-electron chi connectivity index (χ1n) is 10.00. The average molecular weight is 485 g/mol. The summed E-state index contributed by atoms with van der Waals surface area (Å²) in [6.07, 6.45) is 0. The number of furan rings is 1. The molecule has 0 saturated heterocycles. The van der Waals surface area contributed by atoms with Crippen molar-refractivity contribution in [2.75, 3.05) is 25.1 Å². The largest absolute Gasteiger partial charge is 0.492 e. The van der Waals surface area contributed by atoms with Gasteiger partial charge in [-0.05, 0) is 63.8 Å². The molecule has 0 aliphatic carbocycles. The van der Waals surface area contributed by atoms with Gasteiger partial charge in [-0.15, -0.1) is 0 Å². The standard InChI is InChI=1S/C24H25BrN2O4/c1-16(2)17-8-10-18(11-9-17)30-15-14-26-23(28)19-6-4-5-7-20(19)27(3)24(29)21-12-13-22(25)31-21/h4-13,16H,14-15H2,1-3H3,(H,26,28). The Morgan fingerprint density at radius 3 is 2.42 bits per heavy atom. The molecule has 0 spiro atoms. The Kier molecular flexibility index (Phi) is 7.52. The first-order valence-corrected chi connectivity index (χ1v) is 10.8. The zero-order valence-electron chi connectivity index (χ0n) is 17.7. The van der Waals surface area contributed by atoms with Gasteiger partial charge in [0.2, 0.25) is 0 Å². The van der Waals surface area contributed by atoms with Crippen molar-refractivity contribution < 1.29 is 18.7 Å². The SMILES string of the molecule is CC(C)c1ccc(OCCNC(=O)c2ccccc2N(C)C(=O)c2ccc(Br)o2)cc1. The summed E-state index contributed by atoms with van der Waals surface area (Å²) >= 11 is 3.19. The first-order chi connectivity index (χ1) is 14.9. The van der Waals surface area contributed by atoms with Gasteiger partial charge in [0.05, 0.1) is 17.8 Å². The first kappa shape index (κ1) is 22.6. The van der Waals surface area contributed by atoms with E-state index >= 15 is 0 Å². The van der Waals surface area contributed by atoms with Crippen LogP contribution in [0, 0.1) is 0 Å². The van der Waals surface area contributed by atoms with Gasteiger partial charge in [-0.25, -0.2) is 0 Å². The van der Waals surface area contributed by atoms with E-state index in [4.69, 9.17) is 9.15 Å². The maximum atomic E-state index is 12.7. The van der Waals surface area contributed by atoms with Gasteiger partial charge in [0.25, 0.3) is 11.8 Å². The predicted octanol–water partition coefficient (Wildman–Crippen LogP) is 5.25. The molecule has 1 aromatic heterocycles. The van der Waals surface area contributed by atoms with Crippen molar-refractivity contribution >= 4 is 33.4 Å². The molecule has 2 aromatic carbocycles. The zero-order chi connectivity index (χ0) is 22.4. The second-order valence-electron chi connectivity index (χ2n) is 7.31. The maximum Gasteiger partial charge on any atom is 0.293 e. The van der Waals surface area contributed by atoms with Gasteiger partial charge in [0.1, 0.15) is 12.4 Å². The average Bonchev–Trinajstić information content (AvgIpc) is 3.22. The third-order valence-corrected chi connectivity index (χ3v) is 5.23. The Morgan fingerprint density at radius 1 is 1.06 bits per heavy atom. The van der Waals surface area contributed by atoms with Crippen LogP contribution in [0.2, 0.25) is 0 Å². The van der Waals surface area contributed by atoms with Crippen LogP contribution in [0.15, 0.2) is 69.8 Å². The third-order valence-electron chi connectivity index (χ3n) is 4.80. The second kappa shape index (κ2) is 10.3. The van der Waals surface area contributed by atoms with E-state index in [9.17, 15) is 9.59 Å². The molecule has 0 aliphatic rings. The van der Waals surface area contributed by atoms with Gasteiger partial charge in [-0.2, -0.15) is 0 Å². The van der Waals surface area contributed by atoms with Gasteiger partial charge in [0, 0.05) is 7.05 Å². The summed E-state index contributed by atoms with van der Waals surface area (Å²) in [6, 6.07) is 18.1. The molecule has 6 nitrogen and oxygen atoms in total. The van der Waals surface area contributed by atoms with E-state index in [1.807, 2.05) is 24.3 Å². The molecule has 0 fully saturated rings. The summed E-state index contributed by atoms with van der Waals surface area (Å²) in [5.41, 5.74) is 2.13. The van der Waals surface area contributed by atoms with Crippen molar-refractivity contribution in [3.05, 3.63) is 82.2 Å². The van der Waals surface area contributed by atoms with Crippen molar-refractivity contribution in [1.29, 1.82) is 0 Å². The van der Waals surface area contributed by atoms with Crippen LogP contribution in [0.1, 0.15) is 46.2 Å². The highest BCUT2D eigenvalue weighted by Crippen LogP contribution is 2.23. The fourth-order valence-electron chi connectivity index (χ4n) is 3.04. The molecule has 0 aliphatic heterocycles. The minimum Gasteiger partial charge on any atom is -0.492 e. The lowest BCUT2D eigenvalue weighted by molar-refractivity contribution is 0.0947. The molecule has 2 amide bonds. The number of carbonyl (C=O) groups excluding carboxylic acids is 2. The minimum absolute atomic E-state index is 0.182. The number of anilines is 1. The maximum absolute atomic E-state index is 12.7. The second-order valence-corrected chi connectivity index (χ2v) is 8.09. The molecule has 3 aromatic rings. The Bertz CT molecular complexity index is 1040. The number of hydrogen-bond donors (Lipinski definition) is 1.